The van der Waals surface area contributed by atoms with E-state index in [0.29, 0.717) is 63.6 Å². The van der Waals surface area contributed by atoms with Gasteiger partial charge in [0, 0.05) is 120 Å². The zero-order valence-electron chi connectivity index (χ0n) is 51.8. The van der Waals surface area contributed by atoms with Gasteiger partial charge in [-0.15, -0.1) is 0 Å². The van der Waals surface area contributed by atoms with Gasteiger partial charge in [-0.05, 0) is 132 Å². The lowest BCUT2D eigenvalue weighted by atomic mass is 9.91. The summed E-state index contributed by atoms with van der Waals surface area (Å²) in [6, 6.07) is 23.1. The van der Waals surface area contributed by atoms with Crippen LogP contribution < -0.4 is 60.4 Å². The number of aromatic amines is 1. The second kappa shape index (κ2) is 32.1. The minimum Gasteiger partial charge on any atom is -0.365 e. The molecular weight excluding hydrogens is 1200 g/mol. The summed E-state index contributed by atoms with van der Waals surface area (Å²) in [6.07, 6.45) is 25.1. The number of primary amides is 1. The number of rotatable bonds is 18. The second-order valence-electron chi connectivity index (χ2n) is 23.1. The highest BCUT2D eigenvalue weighted by atomic mass is 19.1. The molecule has 3 saturated carbocycles. The molecule has 26 nitrogen and oxygen atoms in total. The molecule has 3 aliphatic carbocycles. The highest BCUT2D eigenvalue weighted by molar-refractivity contribution is 6.00. The molecule has 3 aromatic carbocycles. The lowest BCUT2D eigenvalue weighted by Gasteiger charge is -2.29. The third-order valence-corrected chi connectivity index (χ3v) is 16.0. The summed E-state index contributed by atoms with van der Waals surface area (Å²) in [6.45, 7) is 4.85. The Hall–Kier alpha value is -10.6. The van der Waals surface area contributed by atoms with E-state index in [-0.39, 0.29) is 78.0 Å². The van der Waals surface area contributed by atoms with Crippen molar-refractivity contribution in [2.24, 2.45) is 22.9 Å². The summed E-state index contributed by atoms with van der Waals surface area (Å²) in [5.74, 6) is 1.80. The van der Waals surface area contributed by atoms with Crippen molar-refractivity contribution < 1.29 is 18.8 Å². The number of hydrogen-bond donors (Lipinski definition) is 11. The maximum absolute atomic E-state index is 14.3. The number of ketones is 2. The summed E-state index contributed by atoms with van der Waals surface area (Å²) in [7, 11) is 0. The van der Waals surface area contributed by atoms with Crippen LogP contribution in [0.4, 0.5) is 56.8 Å². The zero-order valence-corrected chi connectivity index (χ0v) is 51.8. The van der Waals surface area contributed by atoms with Crippen LogP contribution in [0.1, 0.15) is 135 Å². The molecule has 6 heterocycles. The first-order valence-corrected chi connectivity index (χ1v) is 30.9. The van der Waals surface area contributed by atoms with Gasteiger partial charge in [0.15, 0.2) is 34.9 Å². The highest BCUT2D eigenvalue weighted by Gasteiger charge is 2.27. The van der Waals surface area contributed by atoms with Gasteiger partial charge in [-0.3, -0.25) is 24.2 Å². The molecule has 27 heteroatoms. The number of Topliss-reactive ketones (excluding diaryl/α,β-unsaturated/α-hetero) is 2. The number of nitrogens with two attached hydrogens (primary N) is 4. The molecule has 0 radical (unpaired) electrons. The Labute approximate surface area is 543 Å². The molecule has 0 bridgehead atoms. The standard InChI is InChI=1S/C23H27N7O.C22H25N7O2.C21H23FN8O.CH4/c1-14-10-16(21-25-8-5-9-26-21)12-17(11-14)28-22-18(15(2)31)13-27-23(30-22)29-20-7-4-3-6-19(20)24;1-13(30)18-20(26-15-7-4-6-14(12-15)19-24-10-5-11-25-19)28-22(29-21(18)31)27-17-9-3-2-8-16(17)23;22-13-8-12(19-25-6-3-7-26-19)9-14(10-13)28-20-15(18(24)31)11-27-21(30-20)29-17-5-2-1-4-16(17)23;/h5,8-13,19-20H,3-4,6-7,24H2,1-2H3,(H2,27,28,29,30);4-7,10-12,16-17H,2-3,8-9,23H2,1H3,(H3,26,27,28,29,31);3,6-11,16-17H,1-2,4-5,23H2,(H2,24,31)(H2,27,28,29,30);1H4/t19-,20+;2*16-,17+;/m000./s1. The average Bonchev–Trinajstić information content (AvgIpc) is 0.834. The molecule has 3 fully saturated rings. The molecule has 15 N–H and O–H groups in total. The average molecular weight is 1280 g/mol. The fraction of sp³-hybridized carbons (Fsp3) is 0.328. The van der Waals surface area contributed by atoms with Crippen LogP contribution in [-0.2, 0) is 0 Å². The number of halogens is 1. The number of aryl methyl sites for hydroxylation is 1. The molecule has 0 saturated heterocycles. The van der Waals surface area contributed by atoms with Crippen molar-refractivity contribution in [3.63, 3.8) is 0 Å². The van der Waals surface area contributed by atoms with Crippen LogP contribution in [0.25, 0.3) is 34.2 Å². The number of aromatic nitrogens is 12. The molecule has 6 atom stereocenters. The van der Waals surface area contributed by atoms with E-state index in [1.807, 2.05) is 49.4 Å². The predicted molar refractivity (Wildman–Crippen MR) is 363 cm³/mol. The van der Waals surface area contributed by atoms with E-state index in [4.69, 9.17) is 22.9 Å². The van der Waals surface area contributed by atoms with Gasteiger partial charge < -0.3 is 54.8 Å². The SMILES string of the molecule is C.CC(=O)c1c(Nc2cccc(-c3ncccn3)c2)nc(N[C@@H]2CCCC[C@@H]2N)[nH]c1=O.CC(=O)c1cnc(N[C@@H]2CCCC[C@@H]2N)nc1Nc1cc(C)cc(-c2ncccn2)c1.NC(=O)c1cnc(N[C@@H]2CCCC[C@@H]2N)nc1Nc1cc(F)cc(-c2ncccn2)c1. The Morgan fingerprint density at radius 2 is 0.947 bits per heavy atom. The van der Waals surface area contributed by atoms with Gasteiger partial charge in [-0.1, -0.05) is 58.1 Å². The molecule has 9 aromatic rings. The largest absolute Gasteiger partial charge is 0.365 e. The molecule has 12 rings (SSSR count). The number of benzene rings is 3. The van der Waals surface area contributed by atoms with E-state index in [2.05, 4.69) is 91.7 Å². The van der Waals surface area contributed by atoms with E-state index in [0.717, 1.165) is 99.4 Å². The molecule has 94 heavy (non-hydrogen) atoms. The summed E-state index contributed by atoms with van der Waals surface area (Å²) in [4.78, 5) is 99.1. The summed E-state index contributed by atoms with van der Waals surface area (Å²) in [5, 5.41) is 19.2. The van der Waals surface area contributed by atoms with Crippen LogP contribution >= 0.6 is 0 Å². The second-order valence-corrected chi connectivity index (χ2v) is 23.1. The maximum Gasteiger partial charge on any atom is 0.265 e. The number of H-pyrrole nitrogens is 1. The lowest BCUT2D eigenvalue weighted by Crippen LogP contribution is -2.43. The molecule has 0 spiro atoms. The molecule has 0 aliphatic heterocycles. The van der Waals surface area contributed by atoms with Gasteiger partial charge in [0.05, 0.1) is 5.56 Å². The number of carbonyl (C=O) groups is 3. The number of anilines is 9. The number of nitrogens with one attached hydrogen (secondary N) is 7. The summed E-state index contributed by atoms with van der Waals surface area (Å²) >= 11 is 0. The van der Waals surface area contributed by atoms with Gasteiger partial charge in [0.1, 0.15) is 28.6 Å². The summed E-state index contributed by atoms with van der Waals surface area (Å²) in [5.41, 5.74) is 29.1. The van der Waals surface area contributed by atoms with Gasteiger partial charge in [0.2, 0.25) is 17.8 Å². The minimum atomic E-state index is -0.702. The topological polar surface area (TPSA) is 402 Å². The molecule has 488 valence electrons. The van der Waals surface area contributed by atoms with Crippen LogP contribution in [0.5, 0.6) is 0 Å². The van der Waals surface area contributed by atoms with Crippen LogP contribution in [0.15, 0.2) is 133 Å². The molecular formula is C67H79FN22O4. The number of carbonyl (C=O) groups excluding carboxylic acids is 3. The first kappa shape index (κ1) is 67.7. The van der Waals surface area contributed by atoms with Gasteiger partial charge >= 0.3 is 0 Å². The third kappa shape index (κ3) is 18.1. The van der Waals surface area contributed by atoms with Crippen LogP contribution in [0.3, 0.4) is 0 Å². The Kier molecular flexibility index (Phi) is 23.1. The van der Waals surface area contributed by atoms with Crippen molar-refractivity contribution in [3.05, 3.63) is 167 Å². The van der Waals surface area contributed by atoms with Crippen LogP contribution in [-0.4, -0.2) is 114 Å². The summed E-state index contributed by atoms with van der Waals surface area (Å²) < 4.78 is 14.3. The maximum atomic E-state index is 14.3. The van der Waals surface area contributed by atoms with Crippen molar-refractivity contribution in [1.82, 2.24) is 59.8 Å². The Balaban J connectivity index is 0.000000165. The first-order valence-electron chi connectivity index (χ1n) is 30.9. The van der Waals surface area contributed by atoms with Crippen molar-refractivity contribution in [3.8, 4) is 34.2 Å². The predicted octanol–water partition coefficient (Wildman–Crippen LogP) is 9.96. The van der Waals surface area contributed by atoms with Crippen LogP contribution in [0, 0.1) is 12.7 Å². The van der Waals surface area contributed by atoms with E-state index < -0.39 is 17.3 Å². The third-order valence-electron chi connectivity index (χ3n) is 16.0. The number of nitrogens with zero attached hydrogens (tertiary/aromatic N) is 11. The van der Waals surface area contributed by atoms with Crippen molar-refractivity contribution >= 4 is 69.8 Å². The quantitative estimate of drug-likeness (QED) is 0.0356. The smallest absolute Gasteiger partial charge is 0.265 e. The normalized spacial score (nSPS) is 18.2. The van der Waals surface area contributed by atoms with E-state index in [9.17, 15) is 23.6 Å². The number of hydrogen-bond acceptors (Lipinski definition) is 24. The first-order chi connectivity index (χ1) is 45.0. The Morgan fingerprint density at radius 3 is 1.45 bits per heavy atom. The molecule has 0 unspecified atom stereocenters. The highest BCUT2D eigenvalue weighted by Crippen LogP contribution is 2.31. The lowest BCUT2D eigenvalue weighted by molar-refractivity contribution is 0.0995. The Bertz CT molecular complexity index is 3940. The molecule has 6 aromatic heterocycles. The fourth-order valence-electron chi connectivity index (χ4n) is 11.3. The fourth-order valence-corrected chi connectivity index (χ4v) is 11.3. The van der Waals surface area contributed by atoms with Gasteiger partial charge in [-0.2, -0.15) is 15.0 Å². The number of amides is 1. The van der Waals surface area contributed by atoms with Crippen molar-refractivity contribution in [1.29, 1.82) is 0 Å². The molecule has 1 amide bonds. The van der Waals surface area contributed by atoms with Gasteiger partial charge in [-0.25, -0.2) is 44.3 Å². The Morgan fingerprint density at radius 1 is 0.500 bits per heavy atom. The van der Waals surface area contributed by atoms with Crippen LogP contribution in [0.2, 0.25) is 0 Å². The van der Waals surface area contributed by atoms with E-state index in [1.165, 1.54) is 32.2 Å². The van der Waals surface area contributed by atoms with Crippen molar-refractivity contribution in [2.45, 2.75) is 141 Å². The minimum absolute atomic E-state index is 0. The van der Waals surface area contributed by atoms with E-state index in [1.54, 1.807) is 67.6 Å². The van der Waals surface area contributed by atoms with Crippen molar-refractivity contribution in [2.75, 3.05) is 31.9 Å². The molecule has 3 aliphatic rings. The monoisotopic (exact) mass is 1270 g/mol. The van der Waals surface area contributed by atoms with E-state index >= 15 is 0 Å². The van der Waals surface area contributed by atoms with Gasteiger partial charge in [0.25, 0.3) is 11.5 Å². The zero-order chi connectivity index (χ0) is 65.4.